The number of halogens is 2. The van der Waals surface area contributed by atoms with Gasteiger partial charge in [-0.1, -0.05) is 29.8 Å². The number of carbonyl (C=O) groups is 1. The van der Waals surface area contributed by atoms with Crippen LogP contribution in [0.15, 0.2) is 65.6 Å². The molecule has 0 aliphatic carbocycles. The fourth-order valence-corrected chi connectivity index (χ4v) is 2.77. The van der Waals surface area contributed by atoms with Crippen molar-refractivity contribution >= 4 is 28.9 Å². The summed E-state index contributed by atoms with van der Waals surface area (Å²) in [6.45, 7) is 0.168. The van der Waals surface area contributed by atoms with Crippen LogP contribution in [0.5, 0.6) is 0 Å². The Balaban J connectivity index is 1.87. The summed E-state index contributed by atoms with van der Waals surface area (Å²) in [6.07, 6.45) is 1.52. The Labute approximate surface area is 163 Å². The van der Waals surface area contributed by atoms with Gasteiger partial charge in [0.15, 0.2) is 0 Å². The zero-order valence-electron chi connectivity index (χ0n) is 14.3. The van der Waals surface area contributed by atoms with Gasteiger partial charge in [0.25, 0.3) is 11.5 Å². The van der Waals surface area contributed by atoms with Gasteiger partial charge in [-0.15, -0.1) is 0 Å². The highest BCUT2D eigenvalue weighted by molar-refractivity contribution is 6.31. The molecule has 0 fully saturated rings. The van der Waals surface area contributed by atoms with Crippen molar-refractivity contribution in [2.75, 3.05) is 5.32 Å². The van der Waals surface area contributed by atoms with Crippen molar-refractivity contribution in [3.63, 3.8) is 0 Å². The molecule has 3 rings (SSSR count). The Morgan fingerprint density at radius 2 is 1.93 bits per heavy atom. The first-order valence-electron chi connectivity index (χ1n) is 8.05. The van der Waals surface area contributed by atoms with Gasteiger partial charge in [-0.25, -0.2) is 0 Å². The molecule has 2 aromatic carbocycles. The van der Waals surface area contributed by atoms with E-state index >= 15 is 0 Å². The van der Waals surface area contributed by atoms with Crippen molar-refractivity contribution in [3.05, 3.63) is 103 Å². The second-order valence-electron chi connectivity index (χ2n) is 5.82. The summed E-state index contributed by atoms with van der Waals surface area (Å²) in [5, 5.41) is 13.7. The summed E-state index contributed by atoms with van der Waals surface area (Å²) < 4.78 is 14.7. The average molecular weight is 402 g/mol. The number of amides is 1. The van der Waals surface area contributed by atoms with E-state index < -0.39 is 27.9 Å². The fraction of sp³-hybridized carbons (Fsp3) is 0.0526. The second kappa shape index (κ2) is 8.01. The number of hydrogen-bond acceptors (Lipinski definition) is 4. The Morgan fingerprint density at radius 3 is 2.64 bits per heavy atom. The molecule has 1 aromatic heterocycles. The number of benzene rings is 2. The minimum Gasteiger partial charge on any atom is -0.322 e. The number of anilines is 1. The molecule has 0 unspecified atom stereocenters. The number of nitrogens with one attached hydrogen (secondary N) is 1. The maximum atomic E-state index is 13.4. The third-order valence-corrected chi connectivity index (χ3v) is 4.33. The van der Waals surface area contributed by atoms with Crippen molar-refractivity contribution in [2.24, 2.45) is 0 Å². The minimum absolute atomic E-state index is 0.000920. The molecule has 1 heterocycles. The SMILES string of the molecule is O=C(Nc1ccc(F)c([N+](=O)[O-])c1)c1cccn(Cc2ccccc2Cl)c1=O. The van der Waals surface area contributed by atoms with Crippen molar-refractivity contribution in [3.8, 4) is 0 Å². The van der Waals surface area contributed by atoms with Crippen molar-refractivity contribution in [1.29, 1.82) is 0 Å². The van der Waals surface area contributed by atoms with Gasteiger partial charge in [-0.05, 0) is 35.9 Å². The highest BCUT2D eigenvalue weighted by Crippen LogP contribution is 2.22. The van der Waals surface area contributed by atoms with Crippen molar-refractivity contribution in [2.45, 2.75) is 6.54 Å². The highest BCUT2D eigenvalue weighted by Gasteiger charge is 2.17. The zero-order chi connectivity index (χ0) is 20.3. The zero-order valence-corrected chi connectivity index (χ0v) is 15.0. The Kier molecular flexibility index (Phi) is 5.51. The molecule has 0 saturated heterocycles. The van der Waals surface area contributed by atoms with E-state index in [-0.39, 0.29) is 17.8 Å². The van der Waals surface area contributed by atoms with Crippen LogP contribution in [0.25, 0.3) is 0 Å². The first-order valence-corrected chi connectivity index (χ1v) is 8.43. The van der Waals surface area contributed by atoms with E-state index in [1.165, 1.54) is 29.0 Å². The molecule has 1 amide bonds. The standard InChI is InChI=1S/C19H13ClFN3O4/c20-15-6-2-1-4-12(15)11-23-9-3-5-14(19(23)26)18(25)22-13-7-8-16(21)17(10-13)24(27)28/h1-10H,11H2,(H,22,25). The van der Waals surface area contributed by atoms with Crippen molar-refractivity contribution < 1.29 is 14.1 Å². The van der Waals surface area contributed by atoms with Crippen LogP contribution in [0.2, 0.25) is 5.02 Å². The van der Waals surface area contributed by atoms with Crippen molar-refractivity contribution in [1.82, 2.24) is 4.57 Å². The fourth-order valence-electron chi connectivity index (χ4n) is 2.57. The van der Waals surface area contributed by atoms with Crippen LogP contribution < -0.4 is 10.9 Å². The molecule has 28 heavy (non-hydrogen) atoms. The van der Waals surface area contributed by atoms with Gasteiger partial charge in [-0.2, -0.15) is 4.39 Å². The third kappa shape index (κ3) is 4.07. The summed E-state index contributed by atoms with van der Waals surface area (Å²) in [4.78, 5) is 35.0. The highest BCUT2D eigenvalue weighted by atomic mass is 35.5. The Morgan fingerprint density at radius 1 is 1.18 bits per heavy atom. The lowest BCUT2D eigenvalue weighted by atomic mass is 10.2. The topological polar surface area (TPSA) is 94.2 Å². The van der Waals surface area contributed by atoms with Gasteiger partial charge in [-0.3, -0.25) is 19.7 Å². The molecule has 9 heteroatoms. The first-order chi connectivity index (χ1) is 13.4. The lowest BCUT2D eigenvalue weighted by Crippen LogP contribution is -2.29. The molecule has 0 saturated carbocycles. The minimum atomic E-state index is -1.02. The second-order valence-corrected chi connectivity index (χ2v) is 6.23. The molecule has 7 nitrogen and oxygen atoms in total. The lowest BCUT2D eigenvalue weighted by Gasteiger charge is -2.10. The summed E-state index contributed by atoms with van der Waals surface area (Å²) in [5.41, 5.74) is -0.794. The quantitative estimate of drug-likeness (QED) is 0.519. The number of hydrogen-bond donors (Lipinski definition) is 1. The third-order valence-electron chi connectivity index (χ3n) is 3.96. The van der Waals surface area contributed by atoms with Crippen LogP contribution in [0.1, 0.15) is 15.9 Å². The van der Waals surface area contributed by atoms with E-state index in [0.717, 1.165) is 12.1 Å². The van der Waals surface area contributed by atoms with Gasteiger partial charge < -0.3 is 9.88 Å². The van der Waals surface area contributed by atoms with Gasteiger partial charge in [0.2, 0.25) is 5.82 Å². The van der Waals surface area contributed by atoms with Crippen LogP contribution >= 0.6 is 11.6 Å². The molecule has 0 radical (unpaired) electrons. The molecule has 0 bridgehead atoms. The number of nitro benzene ring substituents is 1. The van der Waals surface area contributed by atoms with Crippen LogP contribution in [-0.2, 0) is 6.54 Å². The first kappa shape index (κ1) is 19.2. The average Bonchev–Trinajstić information content (AvgIpc) is 2.66. The summed E-state index contributed by atoms with van der Waals surface area (Å²) in [6, 6.07) is 12.8. The summed E-state index contributed by atoms with van der Waals surface area (Å²) >= 11 is 6.11. The number of carbonyl (C=O) groups excluding carboxylic acids is 1. The van der Waals surface area contributed by atoms with E-state index in [4.69, 9.17) is 11.6 Å². The molecule has 0 aliphatic heterocycles. The predicted octanol–water partition coefficient (Wildman–Crippen LogP) is 3.85. The predicted molar refractivity (Wildman–Crippen MR) is 102 cm³/mol. The van der Waals surface area contributed by atoms with E-state index in [9.17, 15) is 24.1 Å². The van der Waals surface area contributed by atoms with E-state index in [0.29, 0.717) is 10.6 Å². The molecule has 3 aromatic rings. The molecule has 0 atom stereocenters. The maximum Gasteiger partial charge on any atom is 0.306 e. The Hall–Kier alpha value is -3.52. The summed E-state index contributed by atoms with van der Waals surface area (Å²) in [7, 11) is 0. The molecule has 0 aliphatic rings. The van der Waals surface area contributed by atoms with Crippen LogP contribution in [0.3, 0.4) is 0 Å². The molecular formula is C19H13ClFN3O4. The number of aromatic nitrogens is 1. The smallest absolute Gasteiger partial charge is 0.306 e. The molecular weight excluding hydrogens is 389 g/mol. The molecule has 1 N–H and O–H groups in total. The molecule has 142 valence electrons. The molecule has 0 spiro atoms. The van der Waals surface area contributed by atoms with E-state index in [1.54, 1.807) is 24.3 Å². The van der Waals surface area contributed by atoms with Crippen LogP contribution in [0, 0.1) is 15.9 Å². The number of nitro groups is 1. The van der Waals surface area contributed by atoms with Gasteiger partial charge in [0.1, 0.15) is 5.56 Å². The number of rotatable bonds is 5. The summed E-state index contributed by atoms with van der Waals surface area (Å²) in [5.74, 6) is -1.79. The normalized spacial score (nSPS) is 10.5. The monoisotopic (exact) mass is 401 g/mol. The van der Waals surface area contributed by atoms with Gasteiger partial charge >= 0.3 is 5.69 Å². The maximum absolute atomic E-state index is 13.4. The number of nitrogens with zero attached hydrogens (tertiary/aromatic N) is 2. The van der Waals surface area contributed by atoms with Crippen LogP contribution in [-0.4, -0.2) is 15.4 Å². The number of pyridine rings is 1. The lowest BCUT2D eigenvalue weighted by molar-refractivity contribution is -0.387. The van der Waals surface area contributed by atoms with E-state index in [1.807, 2.05) is 0 Å². The Bertz CT molecular complexity index is 1130. The van der Waals surface area contributed by atoms with Crippen LogP contribution in [0.4, 0.5) is 15.8 Å². The van der Waals surface area contributed by atoms with Gasteiger partial charge in [0, 0.05) is 23.0 Å². The van der Waals surface area contributed by atoms with Gasteiger partial charge in [0.05, 0.1) is 11.5 Å². The largest absolute Gasteiger partial charge is 0.322 e. The van der Waals surface area contributed by atoms with E-state index in [2.05, 4.69) is 5.32 Å².